The molecule has 0 spiro atoms. The van der Waals surface area contributed by atoms with E-state index in [0.29, 0.717) is 25.1 Å². The number of nitrogens with two attached hydrogens (primary N) is 1. The summed E-state index contributed by atoms with van der Waals surface area (Å²) in [6, 6.07) is 8.68. The van der Waals surface area contributed by atoms with E-state index in [9.17, 15) is 9.59 Å². The maximum atomic E-state index is 12.3. The van der Waals surface area contributed by atoms with Gasteiger partial charge in [-0.05, 0) is 12.1 Å². The number of rotatable bonds is 7. The van der Waals surface area contributed by atoms with E-state index in [0.717, 1.165) is 10.6 Å². The summed E-state index contributed by atoms with van der Waals surface area (Å²) in [6.07, 6.45) is 0.988. The summed E-state index contributed by atoms with van der Waals surface area (Å²) >= 11 is 1.38. The van der Waals surface area contributed by atoms with Crippen molar-refractivity contribution in [2.24, 2.45) is 5.73 Å². The van der Waals surface area contributed by atoms with Crippen molar-refractivity contribution in [3.63, 3.8) is 0 Å². The van der Waals surface area contributed by atoms with Gasteiger partial charge >= 0.3 is 5.97 Å². The number of hydrogen-bond acceptors (Lipinski definition) is 6. The molecule has 6 nitrogen and oxygen atoms in total. The van der Waals surface area contributed by atoms with E-state index < -0.39 is 17.9 Å². The number of carbonyl (C=O) groups excluding carboxylic acids is 2. The fourth-order valence-corrected chi connectivity index (χ4v) is 2.87. The lowest BCUT2D eigenvalue weighted by Crippen LogP contribution is -2.43. The van der Waals surface area contributed by atoms with Crippen molar-refractivity contribution in [3.8, 4) is 0 Å². The van der Waals surface area contributed by atoms with E-state index in [1.54, 1.807) is 5.38 Å². The van der Waals surface area contributed by atoms with Gasteiger partial charge in [0.15, 0.2) is 0 Å². The fraction of sp³-hybridized carbons (Fsp3) is 0.312. The third kappa shape index (κ3) is 5.59. The van der Waals surface area contributed by atoms with Gasteiger partial charge in [-0.1, -0.05) is 30.3 Å². The van der Waals surface area contributed by atoms with Gasteiger partial charge in [0.25, 0.3) is 5.91 Å². The highest BCUT2D eigenvalue weighted by atomic mass is 35.5. The van der Waals surface area contributed by atoms with Crippen molar-refractivity contribution in [2.45, 2.75) is 18.9 Å². The summed E-state index contributed by atoms with van der Waals surface area (Å²) in [5.41, 5.74) is 6.70. The molecular formula is C16H20ClN3O3S. The molecule has 0 aliphatic carbocycles. The minimum absolute atomic E-state index is 0. The van der Waals surface area contributed by atoms with Crippen LogP contribution >= 0.6 is 23.7 Å². The van der Waals surface area contributed by atoms with Crippen molar-refractivity contribution in [3.05, 3.63) is 52.0 Å². The van der Waals surface area contributed by atoms with Crippen LogP contribution in [0.5, 0.6) is 0 Å². The second-order valence-electron chi connectivity index (χ2n) is 4.90. The minimum atomic E-state index is -0.755. The molecule has 1 unspecified atom stereocenters. The molecule has 1 atom stereocenters. The number of amides is 1. The maximum Gasteiger partial charge on any atom is 0.328 e. The van der Waals surface area contributed by atoms with Crippen LogP contribution in [0, 0.1) is 0 Å². The van der Waals surface area contributed by atoms with Gasteiger partial charge in [0.1, 0.15) is 11.7 Å². The van der Waals surface area contributed by atoms with Crippen molar-refractivity contribution in [1.29, 1.82) is 0 Å². The number of nitrogens with zero attached hydrogens (tertiary/aromatic N) is 1. The molecule has 130 valence electrons. The smallest absolute Gasteiger partial charge is 0.328 e. The van der Waals surface area contributed by atoms with Gasteiger partial charge < -0.3 is 15.8 Å². The first-order valence-corrected chi connectivity index (χ1v) is 8.09. The Bertz CT molecular complexity index is 664. The number of esters is 1. The normalized spacial score (nSPS) is 11.2. The molecule has 8 heteroatoms. The van der Waals surface area contributed by atoms with E-state index in [4.69, 9.17) is 10.5 Å². The average Bonchev–Trinajstić information content (AvgIpc) is 3.03. The topological polar surface area (TPSA) is 94.3 Å². The molecule has 0 aliphatic heterocycles. The Kier molecular flexibility index (Phi) is 8.39. The lowest BCUT2D eigenvalue weighted by atomic mass is 10.1. The molecule has 0 saturated carbocycles. The highest BCUT2D eigenvalue weighted by Gasteiger charge is 2.23. The van der Waals surface area contributed by atoms with Gasteiger partial charge in [0.2, 0.25) is 0 Å². The van der Waals surface area contributed by atoms with E-state index >= 15 is 0 Å². The molecule has 2 rings (SSSR count). The van der Waals surface area contributed by atoms with Gasteiger partial charge in [0.05, 0.1) is 12.1 Å². The Morgan fingerprint density at radius 3 is 2.67 bits per heavy atom. The Balaban J connectivity index is 0.00000288. The van der Waals surface area contributed by atoms with E-state index in [1.807, 2.05) is 30.3 Å². The van der Waals surface area contributed by atoms with Crippen LogP contribution in [0.2, 0.25) is 0 Å². The lowest BCUT2D eigenvalue weighted by Gasteiger charge is -2.16. The largest absolute Gasteiger partial charge is 0.467 e. The van der Waals surface area contributed by atoms with Crippen molar-refractivity contribution < 1.29 is 14.3 Å². The molecule has 1 aromatic carbocycles. The molecule has 0 radical (unpaired) electrons. The highest BCUT2D eigenvalue weighted by molar-refractivity contribution is 7.09. The molecule has 2 aromatic rings. The standard InChI is InChI=1S/C16H19N3O3S.ClH/c1-22-16(21)12(9-11-5-3-2-4-6-11)19-15(20)13-10-23-14(18-13)7-8-17;/h2-6,10,12H,7-9,17H2,1H3,(H,19,20);1H. The number of hydrogen-bond donors (Lipinski definition) is 2. The SMILES string of the molecule is COC(=O)C(Cc1ccccc1)NC(=O)c1csc(CCN)n1.Cl. The van der Waals surface area contributed by atoms with Crippen LogP contribution in [0.15, 0.2) is 35.7 Å². The molecule has 0 fully saturated rings. The van der Waals surface area contributed by atoms with E-state index in [2.05, 4.69) is 10.3 Å². The second kappa shape index (κ2) is 10.0. The number of thiazole rings is 1. The zero-order chi connectivity index (χ0) is 16.7. The van der Waals surface area contributed by atoms with Crippen LogP contribution < -0.4 is 11.1 Å². The van der Waals surface area contributed by atoms with Crippen molar-refractivity contribution >= 4 is 35.6 Å². The number of methoxy groups -OCH3 is 1. The molecule has 0 saturated heterocycles. The Morgan fingerprint density at radius 1 is 1.33 bits per heavy atom. The molecule has 24 heavy (non-hydrogen) atoms. The summed E-state index contributed by atoms with van der Waals surface area (Å²) in [5, 5.41) is 5.15. The molecule has 3 N–H and O–H groups in total. The van der Waals surface area contributed by atoms with Crippen LogP contribution in [0.25, 0.3) is 0 Å². The number of nitrogens with one attached hydrogen (secondary N) is 1. The molecule has 1 amide bonds. The summed E-state index contributed by atoms with van der Waals surface area (Å²) in [5.74, 6) is -0.879. The second-order valence-corrected chi connectivity index (χ2v) is 5.85. The van der Waals surface area contributed by atoms with Gasteiger partial charge in [-0.15, -0.1) is 23.7 Å². The number of carbonyl (C=O) groups is 2. The van der Waals surface area contributed by atoms with E-state index in [-0.39, 0.29) is 12.4 Å². The van der Waals surface area contributed by atoms with E-state index in [1.165, 1.54) is 18.4 Å². The van der Waals surface area contributed by atoms with Gasteiger partial charge in [-0.25, -0.2) is 9.78 Å². The zero-order valence-corrected chi connectivity index (χ0v) is 14.9. The maximum absolute atomic E-state index is 12.3. The van der Waals surface area contributed by atoms with Crippen LogP contribution in [0.3, 0.4) is 0 Å². The van der Waals surface area contributed by atoms with Crippen molar-refractivity contribution in [1.82, 2.24) is 10.3 Å². The fourth-order valence-electron chi connectivity index (χ4n) is 2.07. The minimum Gasteiger partial charge on any atom is -0.467 e. The monoisotopic (exact) mass is 369 g/mol. The molecule has 0 aliphatic rings. The quantitative estimate of drug-likeness (QED) is 0.722. The summed E-state index contributed by atoms with van der Waals surface area (Å²) < 4.78 is 4.78. The zero-order valence-electron chi connectivity index (χ0n) is 13.2. The molecule has 1 heterocycles. The summed E-state index contributed by atoms with van der Waals surface area (Å²) in [4.78, 5) is 28.4. The number of aromatic nitrogens is 1. The van der Waals surface area contributed by atoms with Crippen LogP contribution in [0.4, 0.5) is 0 Å². The first-order valence-electron chi connectivity index (χ1n) is 7.21. The number of ether oxygens (including phenoxy) is 1. The van der Waals surface area contributed by atoms with Crippen LogP contribution in [-0.2, 0) is 22.4 Å². The summed E-state index contributed by atoms with van der Waals surface area (Å²) in [6.45, 7) is 0.480. The predicted octanol–water partition coefficient (Wildman–Crippen LogP) is 1.58. The molecule has 0 bridgehead atoms. The van der Waals surface area contributed by atoms with Gasteiger partial charge in [-0.3, -0.25) is 4.79 Å². The predicted molar refractivity (Wildman–Crippen MR) is 95.5 cm³/mol. The first-order chi connectivity index (χ1) is 11.1. The Hall–Kier alpha value is -1.96. The molecule has 1 aromatic heterocycles. The third-order valence-corrected chi connectivity index (χ3v) is 4.12. The summed E-state index contributed by atoms with van der Waals surface area (Å²) in [7, 11) is 1.30. The number of halogens is 1. The first kappa shape index (κ1) is 20.1. The average molecular weight is 370 g/mol. The van der Waals surface area contributed by atoms with Crippen molar-refractivity contribution in [2.75, 3.05) is 13.7 Å². The van der Waals surface area contributed by atoms with Crippen LogP contribution in [0.1, 0.15) is 21.1 Å². The molecular weight excluding hydrogens is 350 g/mol. The third-order valence-electron chi connectivity index (χ3n) is 3.22. The van der Waals surface area contributed by atoms with Crippen LogP contribution in [-0.4, -0.2) is 36.6 Å². The van der Waals surface area contributed by atoms with Gasteiger partial charge in [-0.2, -0.15) is 0 Å². The van der Waals surface area contributed by atoms with Gasteiger partial charge in [0, 0.05) is 18.2 Å². The number of benzene rings is 1. The highest BCUT2D eigenvalue weighted by Crippen LogP contribution is 2.11. The Morgan fingerprint density at radius 2 is 2.04 bits per heavy atom. The Labute approximate surface area is 150 Å². The lowest BCUT2D eigenvalue weighted by molar-refractivity contribution is -0.142.